The Bertz CT molecular complexity index is 169. The molecule has 0 saturated carbocycles. The normalized spacial score (nSPS) is 28.7. The third kappa shape index (κ3) is 3.15. The predicted molar refractivity (Wildman–Crippen MR) is 50.7 cm³/mol. The molecular formula is C9H18F2N2O. The number of halogens is 2. The molecule has 0 aliphatic carbocycles. The van der Waals surface area contributed by atoms with Crippen molar-refractivity contribution in [2.45, 2.75) is 24.9 Å². The summed E-state index contributed by atoms with van der Waals surface area (Å²) in [5.41, 5.74) is 0. The highest BCUT2D eigenvalue weighted by Crippen LogP contribution is 2.13. The Morgan fingerprint density at radius 3 is 2.86 bits per heavy atom. The number of ether oxygens (including phenoxy) is 1. The van der Waals surface area contributed by atoms with Crippen LogP contribution in [0.3, 0.4) is 0 Å². The van der Waals surface area contributed by atoms with Gasteiger partial charge in [-0.25, -0.2) is 8.78 Å². The SMILES string of the molecule is CNC1CCOCC1N(C)CC(F)F. The molecule has 1 aliphatic heterocycles. The van der Waals surface area contributed by atoms with Crippen LogP contribution in [0.4, 0.5) is 8.78 Å². The maximum absolute atomic E-state index is 12.2. The number of hydrogen-bond acceptors (Lipinski definition) is 3. The first-order chi connectivity index (χ1) is 6.65. The lowest BCUT2D eigenvalue weighted by atomic mass is 10.0. The van der Waals surface area contributed by atoms with E-state index < -0.39 is 6.43 Å². The fourth-order valence-electron chi connectivity index (χ4n) is 1.85. The van der Waals surface area contributed by atoms with Crippen LogP contribution >= 0.6 is 0 Å². The molecule has 0 aromatic heterocycles. The summed E-state index contributed by atoms with van der Waals surface area (Å²) in [5.74, 6) is 0. The van der Waals surface area contributed by atoms with Crippen molar-refractivity contribution in [3.63, 3.8) is 0 Å². The molecular weight excluding hydrogens is 190 g/mol. The topological polar surface area (TPSA) is 24.5 Å². The average molecular weight is 208 g/mol. The summed E-state index contributed by atoms with van der Waals surface area (Å²) in [6.45, 7) is 1.06. The number of hydrogen-bond donors (Lipinski definition) is 1. The Balaban J connectivity index is 2.45. The van der Waals surface area contributed by atoms with E-state index in [0.717, 1.165) is 6.42 Å². The lowest BCUT2D eigenvalue weighted by Gasteiger charge is -2.37. The lowest BCUT2D eigenvalue weighted by molar-refractivity contribution is -0.0116. The molecule has 0 aromatic carbocycles. The van der Waals surface area contributed by atoms with Crippen LogP contribution in [0.1, 0.15) is 6.42 Å². The summed E-state index contributed by atoms with van der Waals surface area (Å²) in [5, 5.41) is 3.14. The molecule has 5 heteroatoms. The van der Waals surface area contributed by atoms with E-state index in [1.807, 2.05) is 7.05 Å². The maximum Gasteiger partial charge on any atom is 0.251 e. The monoisotopic (exact) mass is 208 g/mol. The highest BCUT2D eigenvalue weighted by Gasteiger charge is 2.28. The van der Waals surface area contributed by atoms with Gasteiger partial charge in [-0.1, -0.05) is 0 Å². The Labute approximate surface area is 83.4 Å². The maximum atomic E-state index is 12.2. The first kappa shape index (κ1) is 11.8. The Morgan fingerprint density at radius 1 is 1.57 bits per heavy atom. The van der Waals surface area contributed by atoms with Gasteiger partial charge in [0.25, 0.3) is 6.43 Å². The quantitative estimate of drug-likeness (QED) is 0.730. The molecule has 0 spiro atoms. The van der Waals surface area contributed by atoms with Crippen molar-refractivity contribution in [3.05, 3.63) is 0 Å². The fraction of sp³-hybridized carbons (Fsp3) is 1.00. The highest BCUT2D eigenvalue weighted by molar-refractivity contribution is 4.85. The summed E-state index contributed by atoms with van der Waals surface area (Å²) < 4.78 is 29.6. The van der Waals surface area contributed by atoms with Crippen LogP contribution in [-0.2, 0) is 4.74 Å². The van der Waals surface area contributed by atoms with Crippen LogP contribution in [0.2, 0.25) is 0 Å². The zero-order valence-corrected chi connectivity index (χ0v) is 8.67. The molecule has 1 aliphatic rings. The number of nitrogens with one attached hydrogen (secondary N) is 1. The molecule has 0 radical (unpaired) electrons. The summed E-state index contributed by atoms with van der Waals surface area (Å²) in [4.78, 5) is 1.67. The zero-order valence-electron chi connectivity index (χ0n) is 8.67. The predicted octanol–water partition coefficient (Wildman–Crippen LogP) is 0.560. The first-order valence-corrected chi connectivity index (χ1v) is 4.88. The van der Waals surface area contributed by atoms with E-state index in [-0.39, 0.29) is 18.6 Å². The molecule has 0 aromatic rings. The van der Waals surface area contributed by atoms with Crippen molar-refractivity contribution < 1.29 is 13.5 Å². The number of nitrogens with zero attached hydrogens (tertiary/aromatic N) is 1. The van der Waals surface area contributed by atoms with E-state index in [1.165, 1.54) is 0 Å². The molecule has 1 heterocycles. The van der Waals surface area contributed by atoms with E-state index in [2.05, 4.69) is 5.32 Å². The summed E-state index contributed by atoms with van der Waals surface area (Å²) in [7, 11) is 3.58. The summed E-state index contributed by atoms with van der Waals surface area (Å²) in [6.07, 6.45) is -1.39. The van der Waals surface area contributed by atoms with Gasteiger partial charge in [-0.15, -0.1) is 0 Å². The smallest absolute Gasteiger partial charge is 0.251 e. The standard InChI is InChI=1S/C9H18F2N2O/c1-12-7-3-4-14-6-8(7)13(2)5-9(10)11/h7-9,12H,3-6H2,1-2H3. The molecule has 0 amide bonds. The second-order valence-corrected chi connectivity index (χ2v) is 3.66. The Hall–Kier alpha value is -0.260. The van der Waals surface area contributed by atoms with Crippen LogP contribution < -0.4 is 5.32 Å². The zero-order chi connectivity index (χ0) is 10.6. The first-order valence-electron chi connectivity index (χ1n) is 4.88. The molecule has 1 saturated heterocycles. The van der Waals surface area contributed by atoms with E-state index in [9.17, 15) is 8.78 Å². The van der Waals surface area contributed by atoms with Crippen molar-refractivity contribution in [1.82, 2.24) is 10.2 Å². The molecule has 3 nitrogen and oxygen atoms in total. The molecule has 1 rings (SSSR count). The van der Waals surface area contributed by atoms with E-state index in [4.69, 9.17) is 4.74 Å². The van der Waals surface area contributed by atoms with Gasteiger partial charge in [0.1, 0.15) is 0 Å². The average Bonchev–Trinajstić information content (AvgIpc) is 2.16. The Kier molecular flexibility index (Phi) is 4.71. The minimum atomic E-state index is -2.28. The van der Waals surface area contributed by atoms with Crippen LogP contribution in [-0.4, -0.2) is 57.3 Å². The third-order valence-electron chi connectivity index (χ3n) is 2.69. The largest absolute Gasteiger partial charge is 0.380 e. The minimum absolute atomic E-state index is 0.0581. The van der Waals surface area contributed by atoms with Gasteiger partial charge in [0.2, 0.25) is 0 Å². The second-order valence-electron chi connectivity index (χ2n) is 3.66. The summed E-state index contributed by atoms with van der Waals surface area (Å²) in [6, 6.07) is 0.315. The van der Waals surface area contributed by atoms with Gasteiger partial charge < -0.3 is 10.1 Å². The number of likely N-dealkylation sites (N-methyl/N-ethyl adjacent to an activating group) is 2. The molecule has 1 N–H and O–H groups in total. The van der Waals surface area contributed by atoms with Gasteiger partial charge in [-0.2, -0.15) is 0 Å². The summed E-state index contributed by atoms with van der Waals surface area (Å²) >= 11 is 0. The molecule has 84 valence electrons. The van der Waals surface area contributed by atoms with Gasteiger partial charge in [0.15, 0.2) is 0 Å². The van der Waals surface area contributed by atoms with Gasteiger partial charge in [-0.3, -0.25) is 4.90 Å². The molecule has 2 unspecified atom stereocenters. The minimum Gasteiger partial charge on any atom is -0.380 e. The highest BCUT2D eigenvalue weighted by atomic mass is 19.3. The number of alkyl halides is 2. The second kappa shape index (κ2) is 5.58. The number of rotatable bonds is 4. The van der Waals surface area contributed by atoms with Gasteiger partial charge in [0, 0.05) is 18.7 Å². The Morgan fingerprint density at radius 2 is 2.29 bits per heavy atom. The molecule has 1 fully saturated rings. The van der Waals surface area contributed by atoms with Gasteiger partial charge in [-0.05, 0) is 20.5 Å². The fourth-order valence-corrected chi connectivity index (χ4v) is 1.85. The van der Waals surface area contributed by atoms with Gasteiger partial charge >= 0.3 is 0 Å². The van der Waals surface area contributed by atoms with E-state index >= 15 is 0 Å². The van der Waals surface area contributed by atoms with Crippen molar-refractivity contribution in [2.24, 2.45) is 0 Å². The van der Waals surface area contributed by atoms with Gasteiger partial charge in [0.05, 0.1) is 13.2 Å². The van der Waals surface area contributed by atoms with Crippen LogP contribution in [0.25, 0.3) is 0 Å². The van der Waals surface area contributed by atoms with E-state index in [1.54, 1.807) is 11.9 Å². The van der Waals surface area contributed by atoms with Crippen molar-refractivity contribution in [1.29, 1.82) is 0 Å². The molecule has 2 atom stereocenters. The lowest BCUT2D eigenvalue weighted by Crippen LogP contribution is -2.54. The third-order valence-corrected chi connectivity index (χ3v) is 2.69. The van der Waals surface area contributed by atoms with Crippen LogP contribution in [0.5, 0.6) is 0 Å². The van der Waals surface area contributed by atoms with Crippen molar-refractivity contribution in [3.8, 4) is 0 Å². The van der Waals surface area contributed by atoms with Crippen molar-refractivity contribution >= 4 is 0 Å². The van der Waals surface area contributed by atoms with Crippen molar-refractivity contribution in [2.75, 3.05) is 33.9 Å². The van der Waals surface area contributed by atoms with Crippen LogP contribution in [0, 0.1) is 0 Å². The molecule has 14 heavy (non-hydrogen) atoms. The van der Waals surface area contributed by atoms with E-state index in [0.29, 0.717) is 13.2 Å². The molecule has 0 bridgehead atoms. The van der Waals surface area contributed by atoms with Crippen LogP contribution in [0.15, 0.2) is 0 Å².